The second kappa shape index (κ2) is 31.8. The highest BCUT2D eigenvalue weighted by Gasteiger charge is 2.63. The highest BCUT2D eigenvalue weighted by molar-refractivity contribution is 5.73. The van der Waals surface area contributed by atoms with Gasteiger partial charge in [-0.25, -0.2) is 0 Å². The number of ether oxygens (including phenoxy) is 3. The Morgan fingerprint density at radius 3 is 0.873 bits per heavy atom. The van der Waals surface area contributed by atoms with Crippen molar-refractivity contribution >= 4 is 17.9 Å². The second-order valence-corrected chi connectivity index (χ2v) is 41.8. The van der Waals surface area contributed by atoms with E-state index in [1.807, 2.05) is 0 Å². The van der Waals surface area contributed by atoms with Gasteiger partial charge >= 0.3 is 17.9 Å². The molecule has 102 heavy (non-hydrogen) atoms. The zero-order valence-corrected chi connectivity index (χ0v) is 68.3. The summed E-state index contributed by atoms with van der Waals surface area (Å²) in [5, 5.41) is 0. The monoisotopic (exact) mass is 1410 g/mol. The van der Waals surface area contributed by atoms with E-state index >= 15 is 0 Å². The number of allylic oxidation sites excluding steroid dienone is 3. The third-order valence-corrected chi connectivity index (χ3v) is 34.9. The number of carbonyl (C=O) groups excluding carboxylic acids is 3. The van der Waals surface area contributed by atoms with Gasteiger partial charge in [0.1, 0.15) is 18.3 Å². The lowest BCUT2D eigenvalue weighted by molar-refractivity contribution is -0.154. The Morgan fingerprint density at radius 2 is 0.618 bits per heavy atom. The summed E-state index contributed by atoms with van der Waals surface area (Å²) < 4.78 is 19.8. The number of esters is 3. The SMILES string of the molecule is CC(C)CCC[C@@H](C)[C@H]1CC[C@H]2[C@@H]3CC=C4C[C@H](OC(=O)CN5CCN(CC(=O)O[C@@H]6CC[C@@]7(C)C(=CC[C@H]8[C@@H]9CC[C@H]([C@H](C)CCCC(C)C)[C@@]9(C)CC[C@@H]87)C6)CCN(CC(=O)O[C@@H]6CC[C@@]7(C)C(=CC[C@H]8[C@@H]9CC[C@H]([C@H](C)CCCC(C)C)[C@@]9(C)CC[C@@H]87)C6)CC5)CC[C@]4(C)[C@H]3CC[C@]12C. The highest BCUT2D eigenvalue weighted by Crippen LogP contribution is 2.71. The smallest absolute Gasteiger partial charge is 0.320 e. The van der Waals surface area contributed by atoms with Crippen LogP contribution in [0.15, 0.2) is 34.9 Å². The molecule has 9 nitrogen and oxygen atoms in total. The van der Waals surface area contributed by atoms with Crippen molar-refractivity contribution in [2.24, 2.45) is 139 Å². The molecule has 12 aliphatic carbocycles. The minimum Gasteiger partial charge on any atom is -0.461 e. The zero-order valence-electron chi connectivity index (χ0n) is 68.3. The van der Waals surface area contributed by atoms with Gasteiger partial charge in [0.05, 0.1) is 19.6 Å². The van der Waals surface area contributed by atoms with E-state index in [-0.39, 0.29) is 72.1 Å². The average Bonchev–Trinajstić information content (AvgIpc) is 1.42. The highest BCUT2D eigenvalue weighted by atomic mass is 16.6. The molecule has 24 atom stereocenters. The van der Waals surface area contributed by atoms with E-state index in [1.165, 1.54) is 154 Å². The fraction of sp³-hybridized carbons (Fsp3) is 0.903. The molecule has 13 rings (SSSR count). The molecule has 1 saturated heterocycles. The third-order valence-electron chi connectivity index (χ3n) is 34.9. The predicted octanol–water partition coefficient (Wildman–Crippen LogP) is 21.8. The first kappa shape index (κ1) is 77.7. The molecule has 0 amide bonds. The number of fused-ring (bicyclic) bond motifs is 15. The molecule has 1 heterocycles. The van der Waals surface area contributed by atoms with Crippen molar-refractivity contribution < 1.29 is 28.6 Å². The van der Waals surface area contributed by atoms with Crippen LogP contribution < -0.4 is 0 Å². The van der Waals surface area contributed by atoms with Crippen LogP contribution in [0.25, 0.3) is 0 Å². The first-order chi connectivity index (χ1) is 48.6. The molecule has 1 aliphatic heterocycles. The molecular formula is C93H153N3O6. The fourth-order valence-corrected chi connectivity index (χ4v) is 29.1. The van der Waals surface area contributed by atoms with Crippen molar-refractivity contribution in [3.63, 3.8) is 0 Å². The van der Waals surface area contributed by atoms with Crippen LogP contribution in [0.1, 0.15) is 316 Å². The van der Waals surface area contributed by atoms with Crippen molar-refractivity contribution in [2.45, 2.75) is 334 Å². The molecule has 0 radical (unpaired) electrons. The first-order valence-electron chi connectivity index (χ1n) is 44.5. The molecule has 0 bridgehead atoms. The van der Waals surface area contributed by atoms with Crippen LogP contribution >= 0.6 is 0 Å². The molecule has 10 fully saturated rings. The molecule has 0 N–H and O–H groups in total. The average molecular weight is 1410 g/mol. The van der Waals surface area contributed by atoms with Crippen LogP contribution in [0.2, 0.25) is 0 Å². The van der Waals surface area contributed by atoms with E-state index in [0.717, 1.165) is 164 Å². The van der Waals surface area contributed by atoms with Crippen LogP contribution in [-0.2, 0) is 28.6 Å². The van der Waals surface area contributed by atoms with Crippen LogP contribution in [0.3, 0.4) is 0 Å². The number of carbonyl (C=O) groups is 3. The summed E-state index contributed by atoms with van der Waals surface area (Å²) in [6.45, 7) is 42.4. The van der Waals surface area contributed by atoms with Gasteiger partial charge in [-0.15, -0.1) is 0 Å². The Hall–Kier alpha value is -2.49. The molecule has 9 saturated carbocycles. The quantitative estimate of drug-likeness (QED) is 0.0533. The van der Waals surface area contributed by atoms with Gasteiger partial charge in [0.25, 0.3) is 0 Å². The summed E-state index contributed by atoms with van der Waals surface area (Å²) in [6.07, 6.45) is 48.9. The Bertz CT molecular complexity index is 2660. The van der Waals surface area contributed by atoms with Crippen molar-refractivity contribution in [2.75, 3.05) is 58.9 Å². The van der Waals surface area contributed by atoms with E-state index in [0.29, 0.717) is 55.5 Å². The predicted molar refractivity (Wildman–Crippen MR) is 418 cm³/mol. The van der Waals surface area contributed by atoms with E-state index < -0.39 is 0 Å². The molecule has 0 aromatic carbocycles. The van der Waals surface area contributed by atoms with E-state index in [9.17, 15) is 14.4 Å². The van der Waals surface area contributed by atoms with Gasteiger partial charge in [-0.05, 0) is 274 Å². The van der Waals surface area contributed by atoms with Gasteiger partial charge in [-0.1, -0.05) is 197 Å². The zero-order chi connectivity index (χ0) is 72.3. The van der Waals surface area contributed by atoms with Gasteiger partial charge in [0, 0.05) is 58.5 Å². The number of rotatable bonds is 24. The maximum absolute atomic E-state index is 14.5. The van der Waals surface area contributed by atoms with Gasteiger partial charge in [0.15, 0.2) is 0 Å². The Kier molecular flexibility index (Phi) is 24.2. The molecule has 0 unspecified atom stereocenters. The molecular weight excluding hydrogens is 1260 g/mol. The molecule has 0 aromatic heterocycles. The van der Waals surface area contributed by atoms with Crippen LogP contribution in [0.5, 0.6) is 0 Å². The summed E-state index contributed by atoms with van der Waals surface area (Å²) in [5.41, 5.74) is 6.69. The first-order valence-corrected chi connectivity index (χ1v) is 44.5. The van der Waals surface area contributed by atoms with Gasteiger partial charge in [-0.2, -0.15) is 0 Å². The minimum absolute atomic E-state index is 0.0973. The van der Waals surface area contributed by atoms with Crippen LogP contribution in [0, 0.1) is 139 Å². The summed E-state index contributed by atoms with van der Waals surface area (Å²) >= 11 is 0. The number of nitrogens with zero attached hydrogens (tertiary/aromatic N) is 3. The lowest BCUT2D eigenvalue weighted by atomic mass is 9.47. The Morgan fingerprint density at radius 1 is 0.353 bits per heavy atom. The second-order valence-electron chi connectivity index (χ2n) is 41.8. The van der Waals surface area contributed by atoms with Gasteiger partial charge < -0.3 is 14.2 Å². The van der Waals surface area contributed by atoms with Gasteiger partial charge in [0.2, 0.25) is 0 Å². The van der Waals surface area contributed by atoms with Crippen molar-refractivity contribution in [3.05, 3.63) is 34.9 Å². The van der Waals surface area contributed by atoms with Crippen molar-refractivity contribution in [1.82, 2.24) is 14.7 Å². The maximum Gasteiger partial charge on any atom is 0.320 e. The summed E-state index contributed by atoms with van der Waals surface area (Å²) in [6, 6.07) is 0. The lowest BCUT2D eigenvalue weighted by Crippen LogP contribution is -2.51. The summed E-state index contributed by atoms with van der Waals surface area (Å²) in [7, 11) is 0. The summed E-state index contributed by atoms with van der Waals surface area (Å²) in [4.78, 5) is 50.2. The Balaban J connectivity index is 0.634. The lowest BCUT2D eigenvalue weighted by Gasteiger charge is -2.58. The molecule has 0 aromatic rings. The third kappa shape index (κ3) is 15.7. The normalized spacial score (nSPS) is 42.4. The number of hydrogen-bond donors (Lipinski definition) is 0. The fourth-order valence-electron chi connectivity index (χ4n) is 29.1. The van der Waals surface area contributed by atoms with Crippen molar-refractivity contribution in [3.8, 4) is 0 Å². The van der Waals surface area contributed by atoms with Gasteiger partial charge in [-0.3, -0.25) is 29.1 Å². The number of hydrogen-bond acceptors (Lipinski definition) is 9. The topological polar surface area (TPSA) is 88.6 Å². The van der Waals surface area contributed by atoms with E-state index in [2.05, 4.69) is 137 Å². The maximum atomic E-state index is 14.5. The van der Waals surface area contributed by atoms with E-state index in [4.69, 9.17) is 14.2 Å². The molecule has 0 spiro atoms. The van der Waals surface area contributed by atoms with E-state index in [1.54, 1.807) is 16.7 Å². The Labute approximate surface area is 624 Å². The standard InChI is InChI=1S/C93H153N3O6/c1-61(2)19-16-22-64(7)76-31-34-79-73-28-25-67-55-70(37-43-88(67,10)82(73)40-46-91(76,79)13)100-85(97)58-94-49-51-95(59-86(98)101-71-38-44-89(11)68(56-71)26-29-74-80-35-32-77(65(8)23-17-20-62(3)4)92(80,14)47-41-83(74)89)53-54-96(52-50-94)60-87(99)102-72-39-45-90(12)69(57-72)27-30-75-81-36-33-78(66(9)24-18-21-63(5)6)93(81,15)48-42-84(75)90/h25-27,61-66,70-84H,16-24,28-60H2,1-15H3/t64-,65-,66-,70-,71-,72-,73+,74+,75+,76-,77-,78-,79+,80+,81+,82+,83+,84+,88+,89+,90+,91-,92-,93-/m1/s1. The molecule has 13 aliphatic rings. The minimum atomic E-state index is -0.143. The molecule has 9 heteroatoms. The van der Waals surface area contributed by atoms with Crippen LogP contribution in [-0.4, -0.2) is 110 Å². The largest absolute Gasteiger partial charge is 0.461 e. The summed E-state index contributed by atoms with van der Waals surface area (Å²) in [5.74, 6) is 14.0. The van der Waals surface area contributed by atoms with Crippen molar-refractivity contribution in [1.29, 1.82) is 0 Å². The van der Waals surface area contributed by atoms with Crippen LogP contribution in [0.4, 0.5) is 0 Å². The molecule has 576 valence electrons.